The molecule has 100 valence electrons. The summed E-state index contributed by atoms with van der Waals surface area (Å²) in [7, 11) is 0. The molecule has 0 aliphatic rings. The maximum Gasteiger partial charge on any atom is 0.153 e. The van der Waals surface area contributed by atoms with Gasteiger partial charge in [-0.15, -0.1) is 0 Å². The van der Waals surface area contributed by atoms with Gasteiger partial charge in [0.05, 0.1) is 6.54 Å². The van der Waals surface area contributed by atoms with E-state index in [1.807, 2.05) is 36.1 Å². The average Bonchev–Trinajstić information content (AvgIpc) is 2.37. The van der Waals surface area contributed by atoms with Gasteiger partial charge in [0.25, 0.3) is 0 Å². The molecule has 18 heavy (non-hydrogen) atoms. The maximum atomic E-state index is 8.51. The van der Waals surface area contributed by atoms with E-state index in [1.165, 1.54) is 0 Å². The van der Waals surface area contributed by atoms with Gasteiger partial charge in [0, 0.05) is 11.0 Å². The molecule has 0 fully saturated rings. The standard InChI is InChI=1S/C12H18BrN3O2/c1-2-16(9-12(14)15-17)6-7-18-11-5-3-4-10(13)8-11/h3-5,8,17H,2,6-7,9H2,1H3,(H2,14,15). The summed E-state index contributed by atoms with van der Waals surface area (Å²) in [6.45, 7) is 4.55. The average molecular weight is 316 g/mol. The van der Waals surface area contributed by atoms with Crippen LogP contribution in [0.25, 0.3) is 0 Å². The molecule has 0 saturated heterocycles. The quantitative estimate of drug-likeness (QED) is 0.349. The molecule has 0 saturated carbocycles. The zero-order valence-electron chi connectivity index (χ0n) is 10.3. The first kappa shape index (κ1) is 14.8. The van der Waals surface area contributed by atoms with Gasteiger partial charge < -0.3 is 15.7 Å². The highest BCUT2D eigenvalue weighted by atomic mass is 79.9. The first-order chi connectivity index (χ1) is 8.65. The van der Waals surface area contributed by atoms with Gasteiger partial charge in [0.2, 0.25) is 0 Å². The van der Waals surface area contributed by atoms with Crippen LogP contribution in [-0.4, -0.2) is 42.2 Å². The van der Waals surface area contributed by atoms with Crippen LogP contribution in [0, 0.1) is 0 Å². The van der Waals surface area contributed by atoms with Crippen LogP contribution in [0.1, 0.15) is 6.92 Å². The van der Waals surface area contributed by atoms with Crippen molar-refractivity contribution in [2.45, 2.75) is 6.92 Å². The Morgan fingerprint density at radius 1 is 1.56 bits per heavy atom. The van der Waals surface area contributed by atoms with Crippen molar-refractivity contribution in [2.75, 3.05) is 26.2 Å². The molecular formula is C12H18BrN3O2. The number of halogens is 1. The number of likely N-dealkylation sites (N-methyl/N-ethyl adjacent to an activating group) is 1. The van der Waals surface area contributed by atoms with Crippen LogP contribution in [0.15, 0.2) is 33.9 Å². The van der Waals surface area contributed by atoms with Crippen LogP contribution in [0.5, 0.6) is 5.75 Å². The fraction of sp³-hybridized carbons (Fsp3) is 0.417. The molecule has 0 aliphatic heterocycles. The Kier molecular flexibility index (Phi) is 6.53. The predicted molar refractivity (Wildman–Crippen MR) is 75.2 cm³/mol. The third kappa shape index (κ3) is 5.37. The van der Waals surface area contributed by atoms with Gasteiger partial charge in [-0.1, -0.05) is 34.1 Å². The first-order valence-electron chi connectivity index (χ1n) is 5.72. The largest absolute Gasteiger partial charge is 0.492 e. The van der Waals surface area contributed by atoms with Gasteiger partial charge in [-0.2, -0.15) is 0 Å². The summed E-state index contributed by atoms with van der Waals surface area (Å²) in [5.74, 6) is 1.03. The smallest absolute Gasteiger partial charge is 0.153 e. The number of amidine groups is 1. The van der Waals surface area contributed by atoms with Crippen LogP contribution in [0.2, 0.25) is 0 Å². The van der Waals surface area contributed by atoms with Crippen LogP contribution < -0.4 is 10.5 Å². The second kappa shape index (κ2) is 7.94. The molecule has 0 amide bonds. The zero-order chi connectivity index (χ0) is 13.4. The molecule has 5 nitrogen and oxygen atoms in total. The second-order valence-corrected chi connectivity index (χ2v) is 4.68. The lowest BCUT2D eigenvalue weighted by Gasteiger charge is -2.19. The fourth-order valence-corrected chi connectivity index (χ4v) is 1.84. The van der Waals surface area contributed by atoms with E-state index in [-0.39, 0.29) is 5.84 Å². The summed E-state index contributed by atoms with van der Waals surface area (Å²) in [4.78, 5) is 2.03. The Labute approximate surface area is 115 Å². The molecule has 3 N–H and O–H groups in total. The fourth-order valence-electron chi connectivity index (χ4n) is 1.46. The van der Waals surface area contributed by atoms with E-state index in [2.05, 4.69) is 21.1 Å². The number of hydrogen-bond donors (Lipinski definition) is 2. The third-order valence-corrected chi connectivity index (χ3v) is 2.93. The Morgan fingerprint density at radius 3 is 2.94 bits per heavy atom. The van der Waals surface area contributed by atoms with Gasteiger partial charge in [0.1, 0.15) is 12.4 Å². The number of rotatable bonds is 7. The minimum absolute atomic E-state index is 0.208. The summed E-state index contributed by atoms with van der Waals surface area (Å²) in [6, 6.07) is 7.70. The molecule has 0 aliphatic carbocycles. The summed E-state index contributed by atoms with van der Waals surface area (Å²) >= 11 is 3.39. The maximum absolute atomic E-state index is 8.51. The molecule has 0 heterocycles. The monoisotopic (exact) mass is 315 g/mol. The molecule has 1 aromatic carbocycles. The van der Waals surface area contributed by atoms with Crippen molar-refractivity contribution >= 4 is 21.8 Å². The molecule has 6 heteroatoms. The number of nitrogens with two attached hydrogens (primary N) is 1. The molecule has 1 aromatic rings. The minimum atomic E-state index is 0.208. The molecule has 1 rings (SSSR count). The number of benzene rings is 1. The highest BCUT2D eigenvalue weighted by molar-refractivity contribution is 9.10. The SMILES string of the molecule is CCN(CCOc1cccc(Br)c1)CC(N)=NO. The van der Waals surface area contributed by atoms with Crippen LogP contribution in [0.4, 0.5) is 0 Å². The summed E-state index contributed by atoms with van der Waals surface area (Å²) in [5.41, 5.74) is 5.46. The molecule has 0 aromatic heterocycles. The lowest BCUT2D eigenvalue weighted by molar-refractivity contribution is 0.230. The Hall–Kier alpha value is -1.27. The van der Waals surface area contributed by atoms with Crippen LogP contribution >= 0.6 is 15.9 Å². The predicted octanol–water partition coefficient (Wildman–Crippen LogP) is 1.90. The molecule has 0 unspecified atom stereocenters. The van der Waals surface area contributed by atoms with Crippen LogP contribution in [-0.2, 0) is 0 Å². The molecular weight excluding hydrogens is 298 g/mol. The van der Waals surface area contributed by atoms with E-state index in [0.29, 0.717) is 13.2 Å². The van der Waals surface area contributed by atoms with Crippen molar-refractivity contribution in [3.8, 4) is 5.75 Å². The Bertz CT molecular complexity index is 399. The molecule has 0 spiro atoms. The Balaban J connectivity index is 2.35. The highest BCUT2D eigenvalue weighted by Gasteiger charge is 2.05. The normalized spacial score (nSPS) is 11.8. The lowest BCUT2D eigenvalue weighted by atomic mass is 10.3. The first-order valence-corrected chi connectivity index (χ1v) is 6.52. The van der Waals surface area contributed by atoms with E-state index in [1.54, 1.807) is 0 Å². The van der Waals surface area contributed by atoms with Gasteiger partial charge in [-0.25, -0.2) is 0 Å². The van der Waals surface area contributed by atoms with Gasteiger partial charge in [-0.05, 0) is 24.7 Å². The van der Waals surface area contributed by atoms with Gasteiger partial charge >= 0.3 is 0 Å². The van der Waals surface area contributed by atoms with Gasteiger partial charge in [-0.3, -0.25) is 4.90 Å². The zero-order valence-corrected chi connectivity index (χ0v) is 11.9. The van der Waals surface area contributed by atoms with Crippen molar-refractivity contribution in [1.82, 2.24) is 4.90 Å². The summed E-state index contributed by atoms with van der Waals surface area (Å²) in [5, 5.41) is 11.5. The van der Waals surface area contributed by atoms with E-state index in [0.717, 1.165) is 23.3 Å². The highest BCUT2D eigenvalue weighted by Crippen LogP contribution is 2.17. The van der Waals surface area contributed by atoms with E-state index in [9.17, 15) is 0 Å². The number of oxime groups is 1. The van der Waals surface area contributed by atoms with Crippen LogP contribution in [0.3, 0.4) is 0 Å². The number of nitrogens with zero attached hydrogens (tertiary/aromatic N) is 2. The number of ether oxygens (including phenoxy) is 1. The molecule has 0 bridgehead atoms. The molecule has 0 radical (unpaired) electrons. The van der Waals surface area contributed by atoms with Gasteiger partial charge in [0.15, 0.2) is 5.84 Å². The topological polar surface area (TPSA) is 71.1 Å². The van der Waals surface area contributed by atoms with E-state index in [4.69, 9.17) is 15.7 Å². The molecule has 0 atom stereocenters. The van der Waals surface area contributed by atoms with Crippen molar-refractivity contribution in [2.24, 2.45) is 10.9 Å². The second-order valence-electron chi connectivity index (χ2n) is 3.77. The van der Waals surface area contributed by atoms with E-state index >= 15 is 0 Å². The number of hydrogen-bond acceptors (Lipinski definition) is 4. The Morgan fingerprint density at radius 2 is 2.33 bits per heavy atom. The van der Waals surface area contributed by atoms with Crippen molar-refractivity contribution in [3.63, 3.8) is 0 Å². The lowest BCUT2D eigenvalue weighted by Crippen LogP contribution is -2.36. The summed E-state index contributed by atoms with van der Waals surface area (Å²) < 4.78 is 6.61. The summed E-state index contributed by atoms with van der Waals surface area (Å²) in [6.07, 6.45) is 0. The minimum Gasteiger partial charge on any atom is -0.492 e. The third-order valence-electron chi connectivity index (χ3n) is 2.43. The van der Waals surface area contributed by atoms with E-state index < -0.39 is 0 Å². The van der Waals surface area contributed by atoms with Crippen molar-refractivity contribution in [3.05, 3.63) is 28.7 Å². The van der Waals surface area contributed by atoms with Crippen molar-refractivity contribution < 1.29 is 9.94 Å². The van der Waals surface area contributed by atoms with Crippen molar-refractivity contribution in [1.29, 1.82) is 0 Å².